The smallest absolute Gasteiger partial charge is 0.250 e. The van der Waals surface area contributed by atoms with E-state index in [1.165, 1.54) is 6.20 Å². The van der Waals surface area contributed by atoms with Gasteiger partial charge in [0.15, 0.2) is 5.82 Å². The third-order valence-corrected chi connectivity index (χ3v) is 5.81. The van der Waals surface area contributed by atoms with Gasteiger partial charge in [0, 0.05) is 49.1 Å². The van der Waals surface area contributed by atoms with Crippen LogP contribution in [0.2, 0.25) is 0 Å². The molecule has 1 aliphatic heterocycles. The van der Waals surface area contributed by atoms with Crippen molar-refractivity contribution in [3.63, 3.8) is 0 Å². The van der Waals surface area contributed by atoms with E-state index in [9.17, 15) is 9.59 Å². The van der Waals surface area contributed by atoms with Crippen LogP contribution in [0.1, 0.15) is 19.7 Å². The summed E-state index contributed by atoms with van der Waals surface area (Å²) in [5.74, 6) is 7.93. The summed E-state index contributed by atoms with van der Waals surface area (Å²) in [6.45, 7) is 3.68. The molecule has 11 nitrogen and oxygen atoms in total. The van der Waals surface area contributed by atoms with Crippen molar-refractivity contribution in [1.82, 2.24) is 25.4 Å². The first-order chi connectivity index (χ1) is 15.4. The predicted molar refractivity (Wildman–Crippen MR) is 116 cm³/mol. The van der Waals surface area contributed by atoms with E-state index in [1.54, 1.807) is 48.7 Å². The number of hydrazone groups is 1. The summed E-state index contributed by atoms with van der Waals surface area (Å²) >= 11 is 0. The van der Waals surface area contributed by atoms with E-state index >= 15 is 0 Å². The predicted octanol–water partition coefficient (Wildman–Crippen LogP) is 1.29. The molecule has 32 heavy (non-hydrogen) atoms. The number of rotatable bonds is 6. The fourth-order valence-corrected chi connectivity index (χ4v) is 3.80. The second-order valence-corrected chi connectivity index (χ2v) is 7.61. The van der Waals surface area contributed by atoms with Gasteiger partial charge in [0.1, 0.15) is 5.41 Å². The van der Waals surface area contributed by atoms with E-state index in [1.807, 2.05) is 13.8 Å². The molecule has 0 aromatic carbocycles. The maximum atomic E-state index is 12.8. The van der Waals surface area contributed by atoms with Crippen molar-refractivity contribution in [3.8, 4) is 11.8 Å². The van der Waals surface area contributed by atoms with Crippen molar-refractivity contribution in [2.45, 2.75) is 13.8 Å². The van der Waals surface area contributed by atoms with Gasteiger partial charge in [0.25, 0.3) is 0 Å². The lowest BCUT2D eigenvalue weighted by Crippen LogP contribution is -2.45. The number of pyridine rings is 1. The SMILES string of the molecule is CC1C(C)C1(C(=O)NN)C(=O)Nc1ccc(Oc2ccnc(C3=CN(C)N=C=C3)n2)nc1. The number of nitrogens with one attached hydrogen (secondary N) is 2. The summed E-state index contributed by atoms with van der Waals surface area (Å²) < 4.78 is 5.71. The van der Waals surface area contributed by atoms with Crippen LogP contribution in [0.4, 0.5) is 5.69 Å². The first-order valence-electron chi connectivity index (χ1n) is 9.90. The minimum atomic E-state index is -1.18. The summed E-state index contributed by atoms with van der Waals surface area (Å²) in [4.78, 5) is 37.8. The highest BCUT2D eigenvalue weighted by atomic mass is 16.5. The van der Waals surface area contributed by atoms with E-state index in [2.05, 4.69) is 36.7 Å². The van der Waals surface area contributed by atoms with Crippen molar-refractivity contribution >= 4 is 28.9 Å². The molecule has 2 unspecified atom stereocenters. The Labute approximate surface area is 184 Å². The fourth-order valence-electron chi connectivity index (χ4n) is 3.80. The summed E-state index contributed by atoms with van der Waals surface area (Å²) in [5, 5.41) is 8.30. The average molecular weight is 434 g/mol. The van der Waals surface area contributed by atoms with Gasteiger partial charge in [-0.05, 0) is 17.9 Å². The van der Waals surface area contributed by atoms with Crippen molar-refractivity contribution in [2.24, 2.45) is 28.2 Å². The first kappa shape index (κ1) is 21.2. The zero-order valence-electron chi connectivity index (χ0n) is 17.7. The second kappa shape index (κ2) is 8.22. The highest BCUT2D eigenvalue weighted by Crippen LogP contribution is 2.58. The number of nitrogens with zero attached hydrogens (tertiary/aromatic N) is 5. The molecule has 2 aliphatic rings. The van der Waals surface area contributed by atoms with Gasteiger partial charge in [0.2, 0.25) is 23.6 Å². The normalized spacial score (nSPS) is 23.4. The van der Waals surface area contributed by atoms with E-state index in [-0.39, 0.29) is 17.7 Å². The molecule has 1 saturated carbocycles. The van der Waals surface area contributed by atoms with Gasteiger partial charge >= 0.3 is 0 Å². The maximum Gasteiger partial charge on any atom is 0.250 e. The molecule has 2 aromatic rings. The van der Waals surface area contributed by atoms with Crippen LogP contribution in [-0.4, -0.2) is 44.7 Å². The Bertz CT molecular complexity index is 1150. The zero-order chi connectivity index (χ0) is 22.9. The van der Waals surface area contributed by atoms with Crippen LogP contribution < -0.4 is 21.3 Å². The Morgan fingerprint density at radius 3 is 2.56 bits per heavy atom. The summed E-state index contributed by atoms with van der Waals surface area (Å²) in [6, 6.07) is 4.83. The fraction of sp³-hybridized carbons (Fsp3) is 0.286. The number of amides is 2. The Hall–Kier alpha value is -4.08. The number of carbonyl (C=O) groups is 2. The highest BCUT2D eigenvalue weighted by Gasteiger charge is 2.69. The summed E-state index contributed by atoms with van der Waals surface area (Å²) in [6.07, 6.45) is 6.46. The Kier molecular flexibility index (Phi) is 5.43. The van der Waals surface area contributed by atoms with Gasteiger partial charge in [-0.2, -0.15) is 4.98 Å². The summed E-state index contributed by atoms with van der Waals surface area (Å²) in [7, 11) is 1.78. The molecule has 1 fully saturated rings. The molecule has 2 atom stereocenters. The van der Waals surface area contributed by atoms with E-state index < -0.39 is 17.2 Å². The highest BCUT2D eigenvalue weighted by molar-refractivity contribution is 6.13. The number of hydrogen-bond acceptors (Lipinski definition) is 9. The molecule has 4 N–H and O–H groups in total. The van der Waals surface area contributed by atoms with Crippen molar-refractivity contribution < 1.29 is 14.3 Å². The first-order valence-corrected chi connectivity index (χ1v) is 9.90. The molecule has 2 amide bonds. The molecular formula is C21H22N8O3. The molecule has 3 heterocycles. The molecule has 4 rings (SSSR count). The second-order valence-electron chi connectivity index (χ2n) is 7.61. The number of nitrogens with two attached hydrogens (primary N) is 1. The summed E-state index contributed by atoms with van der Waals surface area (Å²) in [5.41, 5.74) is 2.08. The third kappa shape index (κ3) is 3.70. The molecule has 0 radical (unpaired) electrons. The van der Waals surface area contributed by atoms with Crippen LogP contribution in [0.3, 0.4) is 0 Å². The minimum absolute atomic E-state index is 0.117. The standard InChI is InChI=1S/C21H22N8O3/c1-12-13(2)21(12,20(31)28-22)19(30)26-15-4-5-16(24-10-15)32-17-7-8-23-18(27-17)14-6-9-25-29(3)11-14/h4-8,10-13H,22H2,1-3H3,(H,26,30)(H,28,31). The lowest BCUT2D eigenvalue weighted by Gasteiger charge is -2.15. The van der Waals surface area contributed by atoms with Gasteiger partial charge in [-0.15, -0.1) is 5.10 Å². The van der Waals surface area contributed by atoms with Gasteiger partial charge < -0.3 is 10.1 Å². The number of hydrogen-bond donors (Lipinski definition) is 3. The molecule has 164 valence electrons. The molecule has 11 heteroatoms. The molecule has 0 saturated heterocycles. The topological polar surface area (TPSA) is 148 Å². The van der Waals surface area contributed by atoms with Crippen LogP contribution in [-0.2, 0) is 9.59 Å². The minimum Gasteiger partial charge on any atom is -0.421 e. The molecule has 1 aliphatic carbocycles. The van der Waals surface area contributed by atoms with E-state index in [0.717, 1.165) is 5.57 Å². The Morgan fingerprint density at radius 2 is 1.94 bits per heavy atom. The lowest BCUT2D eigenvalue weighted by molar-refractivity contribution is -0.135. The van der Waals surface area contributed by atoms with Crippen LogP contribution in [0, 0.1) is 17.3 Å². The van der Waals surface area contributed by atoms with Crippen molar-refractivity contribution in [3.05, 3.63) is 48.7 Å². The third-order valence-electron chi connectivity index (χ3n) is 5.81. The number of ether oxygens (including phenoxy) is 1. The van der Waals surface area contributed by atoms with Crippen molar-refractivity contribution in [2.75, 3.05) is 12.4 Å². The largest absolute Gasteiger partial charge is 0.421 e. The van der Waals surface area contributed by atoms with Gasteiger partial charge in [-0.1, -0.05) is 13.8 Å². The average Bonchev–Trinajstić information content (AvgIpc) is 3.35. The number of hydrazine groups is 1. The van der Waals surface area contributed by atoms with Gasteiger partial charge in [0.05, 0.1) is 11.9 Å². The van der Waals surface area contributed by atoms with Crippen LogP contribution in [0.15, 0.2) is 48.0 Å². The van der Waals surface area contributed by atoms with Crippen LogP contribution in [0.25, 0.3) is 5.57 Å². The number of aromatic nitrogens is 3. The monoisotopic (exact) mass is 434 g/mol. The number of anilines is 1. The quantitative estimate of drug-likeness (QED) is 0.267. The number of allylic oxidation sites excluding steroid dienone is 2. The van der Waals surface area contributed by atoms with E-state index in [4.69, 9.17) is 10.6 Å². The van der Waals surface area contributed by atoms with Crippen molar-refractivity contribution in [1.29, 1.82) is 0 Å². The molecule has 0 bridgehead atoms. The Balaban J connectivity index is 1.44. The Morgan fingerprint density at radius 1 is 1.16 bits per heavy atom. The molecule has 2 aromatic heterocycles. The lowest BCUT2D eigenvalue weighted by atomic mass is 10.00. The maximum absolute atomic E-state index is 12.8. The van der Waals surface area contributed by atoms with E-state index in [0.29, 0.717) is 17.4 Å². The van der Waals surface area contributed by atoms with Crippen LogP contribution >= 0.6 is 0 Å². The zero-order valence-corrected chi connectivity index (χ0v) is 17.7. The molecular weight excluding hydrogens is 412 g/mol. The molecule has 0 spiro atoms. The van der Waals surface area contributed by atoms with Crippen LogP contribution in [0.5, 0.6) is 11.8 Å². The number of carbonyl (C=O) groups excluding carboxylic acids is 2. The van der Waals surface area contributed by atoms with Gasteiger partial charge in [-0.3, -0.25) is 20.0 Å². The van der Waals surface area contributed by atoms with Gasteiger partial charge in [-0.25, -0.2) is 15.8 Å².